The van der Waals surface area contributed by atoms with Crippen LogP contribution in [0.5, 0.6) is 0 Å². The van der Waals surface area contributed by atoms with Crippen molar-refractivity contribution in [1.29, 1.82) is 0 Å². The van der Waals surface area contributed by atoms with Crippen LogP contribution in [0.1, 0.15) is 23.6 Å². The van der Waals surface area contributed by atoms with Gasteiger partial charge in [0.05, 0.1) is 11.8 Å². The molecular formula is C18H20N4S. The number of hydrazone groups is 1. The maximum atomic E-state index is 5.89. The molecular weight excluding hydrogens is 304 g/mol. The topological polar surface area (TPSA) is 44.9 Å². The molecule has 118 valence electrons. The summed E-state index contributed by atoms with van der Waals surface area (Å²) in [6, 6.07) is 18.7. The van der Waals surface area contributed by atoms with Gasteiger partial charge in [0, 0.05) is 26.2 Å². The van der Waals surface area contributed by atoms with E-state index in [1.165, 1.54) is 0 Å². The van der Waals surface area contributed by atoms with Crippen LogP contribution in [0.25, 0.3) is 0 Å². The number of benzene rings is 2. The zero-order valence-corrected chi connectivity index (χ0v) is 14.1. The Morgan fingerprint density at radius 1 is 1.13 bits per heavy atom. The van der Waals surface area contributed by atoms with Gasteiger partial charge in [-0.2, -0.15) is 5.10 Å². The zero-order chi connectivity index (χ0) is 16.4. The predicted molar refractivity (Wildman–Crippen MR) is 99.7 cm³/mol. The second-order valence-corrected chi connectivity index (χ2v) is 6.22. The second-order valence-electron chi connectivity index (χ2n) is 5.80. The first-order chi connectivity index (χ1) is 11.1. The molecule has 1 heterocycles. The molecule has 1 unspecified atom stereocenters. The number of hydrogen-bond donors (Lipinski definition) is 1. The fourth-order valence-corrected chi connectivity index (χ4v) is 2.94. The maximum Gasteiger partial charge on any atom is 0.187 e. The first-order valence-corrected chi connectivity index (χ1v) is 7.96. The van der Waals surface area contributed by atoms with E-state index in [9.17, 15) is 0 Å². The standard InChI is InChI=1S/C18H20N4S/c1-21(2)15-10-8-14(9-11-15)17-12-16(20-22(17)18(19)23)13-6-4-3-5-7-13/h3-11,17H,12H2,1-2H3,(H2,19,23). The van der Waals surface area contributed by atoms with Crippen LogP contribution in [-0.4, -0.2) is 29.9 Å². The molecule has 0 fully saturated rings. The SMILES string of the molecule is CN(C)c1ccc(C2CC(c3ccccc3)=NN2C(N)=S)cc1. The van der Waals surface area contributed by atoms with E-state index in [-0.39, 0.29) is 6.04 Å². The van der Waals surface area contributed by atoms with Crippen LogP contribution in [0, 0.1) is 0 Å². The molecule has 4 nitrogen and oxygen atoms in total. The van der Waals surface area contributed by atoms with Gasteiger partial charge in [-0.15, -0.1) is 0 Å². The van der Waals surface area contributed by atoms with Crippen LogP contribution in [0.15, 0.2) is 59.7 Å². The van der Waals surface area contributed by atoms with Gasteiger partial charge >= 0.3 is 0 Å². The predicted octanol–water partition coefficient (Wildman–Crippen LogP) is 3.15. The first kappa shape index (κ1) is 15.5. The quantitative estimate of drug-likeness (QED) is 0.881. The lowest BCUT2D eigenvalue weighted by Crippen LogP contribution is -2.31. The van der Waals surface area contributed by atoms with E-state index in [0.717, 1.165) is 28.9 Å². The third-order valence-electron chi connectivity index (χ3n) is 4.04. The number of anilines is 1. The first-order valence-electron chi connectivity index (χ1n) is 7.55. The summed E-state index contributed by atoms with van der Waals surface area (Å²) in [4.78, 5) is 2.08. The molecule has 2 aromatic rings. The maximum absolute atomic E-state index is 5.89. The van der Waals surface area contributed by atoms with Gasteiger partial charge in [-0.25, -0.2) is 5.01 Å². The van der Waals surface area contributed by atoms with Gasteiger partial charge in [0.1, 0.15) is 0 Å². The second kappa shape index (κ2) is 6.38. The van der Waals surface area contributed by atoms with Gasteiger partial charge in [0.25, 0.3) is 0 Å². The Kier molecular flexibility index (Phi) is 4.30. The lowest BCUT2D eigenvalue weighted by Gasteiger charge is -2.22. The number of thiocarbonyl (C=S) groups is 1. The summed E-state index contributed by atoms with van der Waals surface area (Å²) in [5.74, 6) is 0. The highest BCUT2D eigenvalue weighted by atomic mass is 32.1. The Hall–Kier alpha value is -2.40. The van der Waals surface area contributed by atoms with Crippen molar-refractivity contribution in [2.24, 2.45) is 10.8 Å². The van der Waals surface area contributed by atoms with Crippen LogP contribution in [0.4, 0.5) is 5.69 Å². The van der Waals surface area contributed by atoms with Crippen LogP contribution >= 0.6 is 12.2 Å². The van der Waals surface area contributed by atoms with E-state index in [2.05, 4.69) is 46.4 Å². The molecule has 3 rings (SSSR count). The molecule has 0 saturated heterocycles. The van der Waals surface area contributed by atoms with Gasteiger partial charge in [0.15, 0.2) is 5.11 Å². The highest BCUT2D eigenvalue weighted by molar-refractivity contribution is 7.80. The molecule has 0 spiro atoms. The van der Waals surface area contributed by atoms with Crippen molar-refractivity contribution in [1.82, 2.24) is 5.01 Å². The van der Waals surface area contributed by atoms with E-state index in [4.69, 9.17) is 18.0 Å². The molecule has 0 radical (unpaired) electrons. The number of nitrogens with zero attached hydrogens (tertiary/aromatic N) is 3. The Balaban J connectivity index is 1.89. The molecule has 1 atom stereocenters. The van der Waals surface area contributed by atoms with Gasteiger partial charge in [0.2, 0.25) is 0 Å². The van der Waals surface area contributed by atoms with Crippen molar-refractivity contribution in [2.75, 3.05) is 19.0 Å². The Labute approximate surface area is 142 Å². The summed E-state index contributed by atoms with van der Waals surface area (Å²) in [6.07, 6.45) is 0.794. The Morgan fingerprint density at radius 2 is 1.78 bits per heavy atom. The molecule has 0 amide bonds. The largest absolute Gasteiger partial charge is 0.378 e. The van der Waals surface area contributed by atoms with Crippen LogP contribution in [0.2, 0.25) is 0 Å². The van der Waals surface area contributed by atoms with Crippen molar-refractivity contribution in [3.05, 3.63) is 65.7 Å². The third-order valence-corrected chi connectivity index (χ3v) is 4.22. The summed E-state index contributed by atoms with van der Waals surface area (Å²) in [6.45, 7) is 0. The lowest BCUT2D eigenvalue weighted by atomic mass is 9.98. The van der Waals surface area contributed by atoms with E-state index in [1.807, 2.05) is 32.3 Å². The van der Waals surface area contributed by atoms with Crippen molar-refractivity contribution >= 4 is 28.7 Å². The zero-order valence-electron chi connectivity index (χ0n) is 13.3. The highest BCUT2D eigenvalue weighted by Crippen LogP contribution is 2.33. The van der Waals surface area contributed by atoms with Crippen LogP contribution < -0.4 is 10.6 Å². The molecule has 0 aliphatic carbocycles. The van der Waals surface area contributed by atoms with Gasteiger partial charge < -0.3 is 10.6 Å². The average Bonchev–Trinajstić information content (AvgIpc) is 3.01. The highest BCUT2D eigenvalue weighted by Gasteiger charge is 2.30. The smallest absolute Gasteiger partial charge is 0.187 e. The molecule has 2 aromatic carbocycles. The third kappa shape index (κ3) is 3.19. The van der Waals surface area contributed by atoms with E-state index >= 15 is 0 Å². The molecule has 2 N–H and O–H groups in total. The lowest BCUT2D eigenvalue weighted by molar-refractivity contribution is 0.373. The molecule has 1 aliphatic rings. The normalized spacial score (nSPS) is 17.0. The summed E-state index contributed by atoms with van der Waals surface area (Å²) >= 11 is 5.19. The van der Waals surface area contributed by atoms with Crippen molar-refractivity contribution in [2.45, 2.75) is 12.5 Å². The monoisotopic (exact) mass is 324 g/mol. The van der Waals surface area contributed by atoms with Gasteiger partial charge in [-0.3, -0.25) is 0 Å². The molecule has 0 aromatic heterocycles. The molecule has 5 heteroatoms. The number of nitrogens with two attached hydrogens (primary N) is 1. The average molecular weight is 324 g/mol. The molecule has 0 bridgehead atoms. The fourth-order valence-electron chi connectivity index (χ4n) is 2.77. The minimum absolute atomic E-state index is 0.0546. The Morgan fingerprint density at radius 3 is 2.35 bits per heavy atom. The van der Waals surface area contributed by atoms with Crippen molar-refractivity contribution in [3.63, 3.8) is 0 Å². The number of hydrogen-bond acceptors (Lipinski definition) is 3. The van der Waals surface area contributed by atoms with E-state index in [0.29, 0.717) is 5.11 Å². The fraction of sp³-hybridized carbons (Fsp3) is 0.222. The van der Waals surface area contributed by atoms with Crippen LogP contribution in [-0.2, 0) is 0 Å². The molecule has 23 heavy (non-hydrogen) atoms. The van der Waals surface area contributed by atoms with Gasteiger partial charge in [-0.1, -0.05) is 42.5 Å². The van der Waals surface area contributed by atoms with E-state index in [1.54, 1.807) is 5.01 Å². The Bertz CT molecular complexity index is 722. The summed E-state index contributed by atoms with van der Waals surface area (Å²) < 4.78 is 0. The minimum atomic E-state index is 0.0546. The minimum Gasteiger partial charge on any atom is -0.378 e. The molecule has 0 saturated carbocycles. The van der Waals surface area contributed by atoms with Crippen molar-refractivity contribution < 1.29 is 0 Å². The number of rotatable bonds is 3. The van der Waals surface area contributed by atoms with Crippen molar-refractivity contribution in [3.8, 4) is 0 Å². The summed E-state index contributed by atoms with van der Waals surface area (Å²) in [5, 5.41) is 6.70. The van der Waals surface area contributed by atoms with E-state index < -0.39 is 0 Å². The molecule has 1 aliphatic heterocycles. The summed E-state index contributed by atoms with van der Waals surface area (Å²) in [7, 11) is 4.06. The summed E-state index contributed by atoms with van der Waals surface area (Å²) in [5.41, 5.74) is 10.3. The van der Waals surface area contributed by atoms with Crippen LogP contribution in [0.3, 0.4) is 0 Å². The van der Waals surface area contributed by atoms with Gasteiger partial charge in [-0.05, 0) is 35.5 Å².